The Morgan fingerprint density at radius 1 is 1.36 bits per heavy atom. The maximum atomic E-state index is 11.9. The molecule has 1 amide bonds. The number of likely N-dealkylation sites (N-methyl/N-ethyl adjacent to an activating group) is 1. The Balaban J connectivity index is 2.80. The summed E-state index contributed by atoms with van der Waals surface area (Å²) in [5.41, 5.74) is 0.176. The molecule has 1 unspecified atom stereocenters. The van der Waals surface area contributed by atoms with Gasteiger partial charge < -0.3 is 15.3 Å². The van der Waals surface area contributed by atoms with Crippen LogP contribution in [0.5, 0.6) is 0 Å². The van der Waals surface area contributed by atoms with Crippen molar-refractivity contribution in [2.45, 2.75) is 19.9 Å². The van der Waals surface area contributed by atoms with Gasteiger partial charge in [-0.15, -0.1) is 0 Å². The highest BCUT2D eigenvalue weighted by atomic mass is 16.6. The predicted octanol–water partition coefficient (Wildman–Crippen LogP) is 1.26. The molecule has 2 N–H and O–H groups in total. The minimum absolute atomic E-state index is 0.114. The molecule has 8 nitrogen and oxygen atoms in total. The number of aliphatic carboxylic acids is 1. The van der Waals surface area contributed by atoms with E-state index in [9.17, 15) is 19.7 Å². The van der Waals surface area contributed by atoms with Crippen LogP contribution in [0.1, 0.15) is 13.8 Å². The number of anilines is 1. The van der Waals surface area contributed by atoms with Crippen LogP contribution in [0.2, 0.25) is 0 Å². The van der Waals surface area contributed by atoms with E-state index in [-0.39, 0.29) is 18.2 Å². The number of nitrogens with one attached hydrogen (secondary N) is 1. The largest absolute Gasteiger partial charge is 0.480 e. The second-order valence-electron chi connectivity index (χ2n) is 5.23. The van der Waals surface area contributed by atoms with Gasteiger partial charge in [0.25, 0.3) is 5.69 Å². The highest BCUT2D eigenvalue weighted by molar-refractivity contribution is 5.87. The number of carbonyl (C=O) groups excluding carboxylic acids is 1. The van der Waals surface area contributed by atoms with Gasteiger partial charge in [-0.1, -0.05) is 26.0 Å². The average Bonchev–Trinajstić information content (AvgIpc) is 2.43. The third-order valence-electron chi connectivity index (χ3n) is 3.12. The molecule has 0 aliphatic heterocycles. The number of para-hydroxylation sites is 2. The number of nitrogens with zero attached hydrogens (tertiary/aromatic N) is 2. The highest BCUT2D eigenvalue weighted by Crippen LogP contribution is 2.26. The van der Waals surface area contributed by atoms with E-state index < -0.39 is 22.8 Å². The van der Waals surface area contributed by atoms with Crippen molar-refractivity contribution < 1.29 is 19.6 Å². The molecule has 22 heavy (non-hydrogen) atoms. The topological polar surface area (TPSA) is 113 Å². The SMILES string of the molecule is CC(C)C(NC(=O)CN(C)c1ccccc1[N+](=O)[O-])C(=O)O. The first-order chi connectivity index (χ1) is 10.2. The van der Waals surface area contributed by atoms with Gasteiger partial charge in [-0.25, -0.2) is 4.79 Å². The number of benzene rings is 1. The Morgan fingerprint density at radius 3 is 2.45 bits per heavy atom. The third kappa shape index (κ3) is 4.44. The quantitative estimate of drug-likeness (QED) is 0.579. The van der Waals surface area contributed by atoms with Crippen LogP contribution >= 0.6 is 0 Å². The van der Waals surface area contributed by atoms with Gasteiger partial charge in [0.2, 0.25) is 5.91 Å². The van der Waals surface area contributed by atoms with Crippen LogP contribution in [-0.2, 0) is 9.59 Å². The standard InChI is InChI=1S/C14H19N3O5/c1-9(2)13(14(19)20)15-12(18)8-16(3)10-6-4-5-7-11(10)17(21)22/h4-7,9,13H,8H2,1-3H3,(H,15,18)(H,19,20). The van der Waals surface area contributed by atoms with Crippen LogP contribution in [0, 0.1) is 16.0 Å². The Hall–Kier alpha value is -2.64. The third-order valence-corrected chi connectivity index (χ3v) is 3.12. The Bertz CT molecular complexity index is 573. The molecule has 1 atom stereocenters. The van der Waals surface area contributed by atoms with E-state index in [0.29, 0.717) is 5.69 Å². The summed E-state index contributed by atoms with van der Waals surface area (Å²) in [4.78, 5) is 34.8. The summed E-state index contributed by atoms with van der Waals surface area (Å²) in [5.74, 6) is -1.89. The van der Waals surface area contributed by atoms with Gasteiger partial charge in [0.05, 0.1) is 11.5 Å². The average molecular weight is 309 g/mol. The second kappa shape index (κ2) is 7.39. The Labute approximate surface area is 127 Å². The molecule has 0 spiro atoms. The molecule has 0 radical (unpaired) electrons. The fourth-order valence-electron chi connectivity index (χ4n) is 1.97. The Morgan fingerprint density at radius 2 is 1.95 bits per heavy atom. The predicted molar refractivity (Wildman–Crippen MR) is 80.8 cm³/mol. The van der Waals surface area contributed by atoms with Gasteiger partial charge in [0.15, 0.2) is 0 Å². The lowest BCUT2D eigenvalue weighted by Crippen LogP contribution is -2.47. The Kier molecular flexibility index (Phi) is 5.85. The zero-order valence-corrected chi connectivity index (χ0v) is 12.6. The zero-order valence-electron chi connectivity index (χ0n) is 12.6. The fraction of sp³-hybridized carbons (Fsp3) is 0.429. The smallest absolute Gasteiger partial charge is 0.326 e. The first-order valence-electron chi connectivity index (χ1n) is 6.70. The molecule has 8 heteroatoms. The molecule has 120 valence electrons. The molecule has 0 aliphatic rings. The zero-order chi connectivity index (χ0) is 16.9. The monoisotopic (exact) mass is 309 g/mol. The number of rotatable bonds is 7. The lowest BCUT2D eigenvalue weighted by atomic mass is 10.0. The van der Waals surface area contributed by atoms with E-state index in [2.05, 4.69) is 5.32 Å². The normalized spacial score (nSPS) is 11.8. The summed E-state index contributed by atoms with van der Waals surface area (Å²) in [6.07, 6.45) is 0. The van der Waals surface area contributed by atoms with Gasteiger partial charge in [0.1, 0.15) is 11.7 Å². The summed E-state index contributed by atoms with van der Waals surface area (Å²) in [6.45, 7) is 3.19. The number of carboxylic acids is 1. The van der Waals surface area contributed by atoms with Gasteiger partial charge in [-0.05, 0) is 12.0 Å². The second-order valence-corrected chi connectivity index (χ2v) is 5.23. The van der Waals surface area contributed by atoms with E-state index in [1.54, 1.807) is 19.9 Å². The van der Waals surface area contributed by atoms with Gasteiger partial charge in [-0.3, -0.25) is 14.9 Å². The molecule has 1 rings (SSSR count). The maximum absolute atomic E-state index is 11.9. The fourth-order valence-corrected chi connectivity index (χ4v) is 1.97. The van der Waals surface area contributed by atoms with Crippen LogP contribution in [0.25, 0.3) is 0 Å². The molecule has 0 saturated heterocycles. The summed E-state index contributed by atoms with van der Waals surface area (Å²) < 4.78 is 0. The van der Waals surface area contributed by atoms with E-state index >= 15 is 0 Å². The number of nitro groups is 1. The lowest BCUT2D eigenvalue weighted by Gasteiger charge is -2.22. The molecule has 1 aromatic rings. The maximum Gasteiger partial charge on any atom is 0.326 e. The molecular weight excluding hydrogens is 290 g/mol. The summed E-state index contributed by atoms with van der Waals surface area (Å²) in [7, 11) is 1.53. The highest BCUT2D eigenvalue weighted by Gasteiger charge is 2.24. The summed E-state index contributed by atoms with van der Waals surface area (Å²) in [6, 6.07) is 5.05. The number of nitro benzene ring substituents is 1. The van der Waals surface area contributed by atoms with Crippen molar-refractivity contribution in [3.63, 3.8) is 0 Å². The molecule has 0 fully saturated rings. The van der Waals surface area contributed by atoms with Gasteiger partial charge in [-0.2, -0.15) is 0 Å². The minimum atomic E-state index is -1.11. The first kappa shape index (κ1) is 17.4. The van der Waals surface area contributed by atoms with Gasteiger partial charge in [0, 0.05) is 13.1 Å². The van der Waals surface area contributed by atoms with E-state index in [1.165, 1.54) is 30.1 Å². The molecule has 0 aromatic heterocycles. The molecular formula is C14H19N3O5. The summed E-state index contributed by atoms with van der Waals surface area (Å²) >= 11 is 0. The molecule has 0 bridgehead atoms. The lowest BCUT2D eigenvalue weighted by molar-refractivity contribution is -0.384. The van der Waals surface area contributed by atoms with Gasteiger partial charge >= 0.3 is 5.97 Å². The number of hydrogen-bond acceptors (Lipinski definition) is 5. The van der Waals surface area contributed by atoms with Crippen LogP contribution in [0.3, 0.4) is 0 Å². The van der Waals surface area contributed by atoms with Crippen molar-refractivity contribution in [2.75, 3.05) is 18.5 Å². The van der Waals surface area contributed by atoms with Crippen LogP contribution in [0.15, 0.2) is 24.3 Å². The van der Waals surface area contributed by atoms with E-state index in [4.69, 9.17) is 5.11 Å². The first-order valence-corrected chi connectivity index (χ1v) is 6.70. The minimum Gasteiger partial charge on any atom is -0.480 e. The van der Waals surface area contributed by atoms with Crippen LogP contribution in [0.4, 0.5) is 11.4 Å². The van der Waals surface area contributed by atoms with Crippen molar-refractivity contribution in [1.29, 1.82) is 0 Å². The van der Waals surface area contributed by atoms with Crippen molar-refractivity contribution in [3.05, 3.63) is 34.4 Å². The van der Waals surface area contributed by atoms with E-state index in [0.717, 1.165) is 0 Å². The summed E-state index contributed by atoms with van der Waals surface area (Å²) in [5, 5.41) is 22.4. The van der Waals surface area contributed by atoms with E-state index in [1.807, 2.05) is 0 Å². The molecule has 0 saturated carbocycles. The number of hydrogen-bond donors (Lipinski definition) is 2. The number of amides is 1. The van der Waals surface area contributed by atoms with Crippen LogP contribution in [-0.4, -0.2) is 41.5 Å². The number of carboxylic acid groups (broad SMARTS) is 1. The number of carbonyl (C=O) groups is 2. The molecule has 1 aromatic carbocycles. The van der Waals surface area contributed by atoms with Crippen molar-refractivity contribution >= 4 is 23.3 Å². The van der Waals surface area contributed by atoms with Crippen molar-refractivity contribution in [2.24, 2.45) is 5.92 Å². The molecule has 0 heterocycles. The van der Waals surface area contributed by atoms with Crippen molar-refractivity contribution in [3.8, 4) is 0 Å². The van der Waals surface area contributed by atoms with Crippen molar-refractivity contribution in [1.82, 2.24) is 5.32 Å². The molecule has 0 aliphatic carbocycles. The van der Waals surface area contributed by atoms with Crippen LogP contribution < -0.4 is 10.2 Å².